The van der Waals surface area contributed by atoms with E-state index in [0.29, 0.717) is 11.4 Å². The fourth-order valence-corrected chi connectivity index (χ4v) is 2.83. The third-order valence-corrected chi connectivity index (χ3v) is 4.10. The zero-order valence-corrected chi connectivity index (χ0v) is 13.6. The molecule has 1 unspecified atom stereocenters. The molecule has 1 rings (SSSR count). The van der Waals surface area contributed by atoms with Crippen molar-refractivity contribution in [3.8, 4) is 0 Å². The van der Waals surface area contributed by atoms with Crippen LogP contribution in [0.25, 0.3) is 0 Å². The molecule has 20 heavy (non-hydrogen) atoms. The second-order valence-electron chi connectivity index (χ2n) is 5.20. The Labute approximate surface area is 129 Å². The third-order valence-electron chi connectivity index (χ3n) is 2.85. The first-order chi connectivity index (χ1) is 9.33. The number of carbonyl (C=O) groups is 1. The van der Waals surface area contributed by atoms with Crippen molar-refractivity contribution in [3.63, 3.8) is 0 Å². The zero-order chi connectivity index (χ0) is 15.2. The Morgan fingerprint density at radius 1 is 1.55 bits per heavy atom. The van der Waals surface area contributed by atoms with Gasteiger partial charge in [0.05, 0.1) is 10.0 Å². The van der Waals surface area contributed by atoms with Crippen molar-refractivity contribution in [2.75, 3.05) is 5.75 Å². The van der Waals surface area contributed by atoms with Gasteiger partial charge in [0.25, 0.3) is 0 Å². The Hall–Kier alpha value is -0.780. The maximum absolute atomic E-state index is 11.4. The summed E-state index contributed by atoms with van der Waals surface area (Å²) in [7, 11) is 0. The highest BCUT2D eigenvalue weighted by Crippen LogP contribution is 2.21. The first-order valence-electron chi connectivity index (χ1n) is 6.59. The Bertz CT molecular complexity index is 439. The van der Waals surface area contributed by atoms with E-state index in [1.165, 1.54) is 0 Å². The summed E-state index contributed by atoms with van der Waals surface area (Å²) in [5, 5.41) is 14.0. The van der Waals surface area contributed by atoms with Crippen LogP contribution in [-0.4, -0.2) is 33.4 Å². The lowest BCUT2D eigenvalue weighted by Crippen LogP contribution is -2.52. The van der Waals surface area contributed by atoms with Crippen LogP contribution in [0.1, 0.15) is 33.6 Å². The number of carboxylic acid groups (broad SMARTS) is 1. The number of aromatic nitrogens is 1. The highest BCUT2D eigenvalue weighted by molar-refractivity contribution is 7.99. The van der Waals surface area contributed by atoms with Crippen LogP contribution in [0.15, 0.2) is 23.4 Å². The number of aliphatic carboxylic acids is 1. The molecule has 0 spiro atoms. The van der Waals surface area contributed by atoms with E-state index >= 15 is 0 Å². The van der Waals surface area contributed by atoms with Crippen LogP contribution in [0.5, 0.6) is 0 Å². The first kappa shape index (κ1) is 17.3. The largest absolute Gasteiger partial charge is 0.480 e. The topological polar surface area (TPSA) is 62.2 Å². The number of nitrogens with zero attached hydrogens (tertiary/aromatic N) is 1. The van der Waals surface area contributed by atoms with E-state index in [9.17, 15) is 9.90 Å². The summed E-state index contributed by atoms with van der Waals surface area (Å²) in [4.78, 5) is 15.6. The van der Waals surface area contributed by atoms with Gasteiger partial charge < -0.3 is 5.11 Å². The Balaban J connectivity index is 2.41. The first-order valence-corrected chi connectivity index (χ1v) is 7.95. The van der Waals surface area contributed by atoms with E-state index in [2.05, 4.69) is 10.3 Å². The van der Waals surface area contributed by atoms with Crippen molar-refractivity contribution in [2.45, 2.75) is 50.2 Å². The third kappa shape index (κ3) is 5.69. The summed E-state index contributed by atoms with van der Waals surface area (Å²) in [6.07, 6.45) is 3.00. The second-order valence-corrected chi connectivity index (χ2v) is 6.75. The van der Waals surface area contributed by atoms with E-state index in [4.69, 9.17) is 11.6 Å². The van der Waals surface area contributed by atoms with Crippen LogP contribution in [0.4, 0.5) is 0 Å². The van der Waals surface area contributed by atoms with E-state index in [0.717, 1.165) is 17.2 Å². The van der Waals surface area contributed by atoms with Gasteiger partial charge in [-0.15, -0.1) is 11.8 Å². The van der Waals surface area contributed by atoms with Crippen molar-refractivity contribution < 1.29 is 9.90 Å². The molecule has 112 valence electrons. The minimum Gasteiger partial charge on any atom is -0.480 e. The molecule has 0 radical (unpaired) electrons. The van der Waals surface area contributed by atoms with Crippen LogP contribution in [0, 0.1) is 0 Å². The average molecular weight is 317 g/mol. The Kier molecular flexibility index (Phi) is 6.79. The normalized spacial score (nSPS) is 14.2. The minimum absolute atomic E-state index is 0.140. The minimum atomic E-state index is -0.873. The molecule has 0 saturated carbocycles. The molecule has 1 heterocycles. The SMILES string of the molecule is CC(C)NC(C)(CCCSc1ccc(Cl)cn1)C(=O)O. The number of halogens is 1. The summed E-state index contributed by atoms with van der Waals surface area (Å²) in [5.74, 6) is 0.0258. The molecule has 0 aromatic carbocycles. The van der Waals surface area contributed by atoms with Gasteiger partial charge in [-0.05, 0) is 51.5 Å². The summed E-state index contributed by atoms with van der Waals surface area (Å²) in [6.45, 7) is 5.64. The molecule has 2 N–H and O–H groups in total. The van der Waals surface area contributed by atoms with E-state index in [1.54, 1.807) is 30.9 Å². The fourth-order valence-electron chi connectivity index (χ4n) is 1.93. The van der Waals surface area contributed by atoms with Gasteiger partial charge in [-0.1, -0.05) is 11.6 Å². The molecule has 0 saturated heterocycles. The second kappa shape index (κ2) is 7.86. The van der Waals surface area contributed by atoms with Crippen LogP contribution in [-0.2, 0) is 4.79 Å². The molecule has 0 fully saturated rings. The number of hydrogen-bond donors (Lipinski definition) is 2. The van der Waals surface area contributed by atoms with Crippen molar-refractivity contribution >= 4 is 29.3 Å². The molecule has 1 aromatic rings. The van der Waals surface area contributed by atoms with Gasteiger partial charge >= 0.3 is 5.97 Å². The predicted octanol–water partition coefficient (Wildman–Crippen LogP) is 3.45. The number of carboxylic acids is 1. The highest BCUT2D eigenvalue weighted by Gasteiger charge is 2.32. The number of nitrogens with one attached hydrogen (secondary N) is 1. The molecule has 0 amide bonds. The fraction of sp³-hybridized carbons (Fsp3) is 0.571. The maximum atomic E-state index is 11.4. The zero-order valence-electron chi connectivity index (χ0n) is 12.0. The molecule has 0 aliphatic heterocycles. The van der Waals surface area contributed by atoms with Crippen LogP contribution in [0.3, 0.4) is 0 Å². The monoisotopic (exact) mass is 316 g/mol. The highest BCUT2D eigenvalue weighted by atomic mass is 35.5. The van der Waals surface area contributed by atoms with Gasteiger partial charge in [-0.25, -0.2) is 4.98 Å². The summed E-state index contributed by atoms with van der Waals surface area (Å²) in [6, 6.07) is 3.82. The standard InChI is InChI=1S/C14H21ClN2O2S/c1-10(2)17-14(3,13(18)19)7-4-8-20-12-6-5-11(15)9-16-12/h5-6,9-10,17H,4,7-8H2,1-3H3,(H,18,19). The number of pyridine rings is 1. The van der Waals surface area contributed by atoms with Crippen molar-refractivity contribution in [2.24, 2.45) is 0 Å². The number of hydrogen-bond acceptors (Lipinski definition) is 4. The van der Waals surface area contributed by atoms with Crippen molar-refractivity contribution in [1.82, 2.24) is 10.3 Å². The lowest BCUT2D eigenvalue weighted by atomic mass is 9.95. The van der Waals surface area contributed by atoms with Gasteiger partial charge in [0.15, 0.2) is 0 Å². The number of rotatable bonds is 8. The molecule has 1 aromatic heterocycles. The van der Waals surface area contributed by atoms with Gasteiger partial charge in [0.2, 0.25) is 0 Å². The van der Waals surface area contributed by atoms with Gasteiger partial charge in [0, 0.05) is 12.2 Å². The number of thioether (sulfide) groups is 1. The smallest absolute Gasteiger partial charge is 0.323 e. The Morgan fingerprint density at radius 2 is 2.25 bits per heavy atom. The average Bonchev–Trinajstić information content (AvgIpc) is 2.36. The molecule has 4 nitrogen and oxygen atoms in total. The summed E-state index contributed by atoms with van der Waals surface area (Å²) in [5.41, 5.74) is -0.873. The summed E-state index contributed by atoms with van der Waals surface area (Å²) < 4.78 is 0. The van der Waals surface area contributed by atoms with Gasteiger partial charge in [-0.3, -0.25) is 10.1 Å². The van der Waals surface area contributed by atoms with Crippen molar-refractivity contribution in [1.29, 1.82) is 0 Å². The molecular formula is C14H21ClN2O2S. The van der Waals surface area contributed by atoms with Crippen LogP contribution >= 0.6 is 23.4 Å². The maximum Gasteiger partial charge on any atom is 0.323 e. The predicted molar refractivity (Wildman–Crippen MR) is 83.5 cm³/mol. The van der Waals surface area contributed by atoms with E-state index < -0.39 is 11.5 Å². The molecule has 6 heteroatoms. The molecule has 0 bridgehead atoms. The van der Waals surface area contributed by atoms with Gasteiger partial charge in [0.1, 0.15) is 5.54 Å². The quantitative estimate of drug-likeness (QED) is 0.568. The van der Waals surface area contributed by atoms with E-state index in [1.807, 2.05) is 19.9 Å². The molecular weight excluding hydrogens is 296 g/mol. The van der Waals surface area contributed by atoms with Crippen molar-refractivity contribution in [3.05, 3.63) is 23.4 Å². The lowest BCUT2D eigenvalue weighted by molar-refractivity contribution is -0.144. The molecule has 0 aliphatic carbocycles. The molecule has 1 atom stereocenters. The van der Waals surface area contributed by atoms with E-state index in [-0.39, 0.29) is 6.04 Å². The van der Waals surface area contributed by atoms with Crippen LogP contribution in [0.2, 0.25) is 5.02 Å². The van der Waals surface area contributed by atoms with Gasteiger partial charge in [-0.2, -0.15) is 0 Å². The Morgan fingerprint density at radius 3 is 2.75 bits per heavy atom. The molecule has 0 aliphatic rings. The van der Waals surface area contributed by atoms with Crippen LogP contribution < -0.4 is 5.32 Å². The lowest BCUT2D eigenvalue weighted by Gasteiger charge is -2.28. The summed E-state index contributed by atoms with van der Waals surface area (Å²) >= 11 is 7.38.